The van der Waals surface area contributed by atoms with Crippen molar-refractivity contribution in [2.75, 3.05) is 0 Å². The molecule has 5 heteroatoms. The number of hydrazine groups is 1. The van der Waals surface area contributed by atoms with E-state index in [1.54, 1.807) is 6.07 Å². The van der Waals surface area contributed by atoms with Crippen LogP contribution in [-0.2, 0) is 6.42 Å². The second-order valence-corrected chi connectivity index (χ2v) is 5.99. The number of nitrogens with two attached hydrogens (primary N) is 1. The summed E-state index contributed by atoms with van der Waals surface area (Å²) in [7, 11) is 0. The quantitative estimate of drug-likeness (QED) is 0.612. The number of nitrogens with one attached hydrogen (secondary N) is 1. The summed E-state index contributed by atoms with van der Waals surface area (Å²) in [5.41, 5.74) is 4.87. The summed E-state index contributed by atoms with van der Waals surface area (Å²) in [4.78, 5) is 0. The summed E-state index contributed by atoms with van der Waals surface area (Å²) in [6.07, 6.45) is 0.730. The van der Waals surface area contributed by atoms with Gasteiger partial charge in [-0.3, -0.25) is 11.3 Å². The molecule has 0 heterocycles. The third kappa shape index (κ3) is 3.86. The average Bonchev–Trinajstić information content (AvgIpc) is 2.39. The molecule has 0 amide bonds. The first-order valence-corrected chi connectivity index (χ1v) is 7.34. The Hall–Kier alpha value is -0.750. The van der Waals surface area contributed by atoms with Gasteiger partial charge in [0.05, 0.1) is 6.04 Å². The number of benzene rings is 2. The molecule has 0 aromatic heterocycles. The highest BCUT2D eigenvalue weighted by molar-refractivity contribution is 9.10. The van der Waals surface area contributed by atoms with E-state index in [0.29, 0.717) is 4.47 Å². The van der Waals surface area contributed by atoms with E-state index in [9.17, 15) is 4.39 Å². The van der Waals surface area contributed by atoms with Crippen LogP contribution in [0.25, 0.3) is 0 Å². The summed E-state index contributed by atoms with van der Waals surface area (Å²) < 4.78 is 14.9. The van der Waals surface area contributed by atoms with E-state index in [-0.39, 0.29) is 11.9 Å². The molecule has 0 aliphatic carbocycles. The third-order valence-electron chi connectivity index (χ3n) is 2.89. The summed E-state index contributed by atoms with van der Waals surface area (Å²) in [6.45, 7) is 0. The van der Waals surface area contributed by atoms with Crippen molar-refractivity contribution in [1.82, 2.24) is 5.43 Å². The maximum absolute atomic E-state index is 13.1. The third-order valence-corrected chi connectivity index (χ3v) is 4.11. The van der Waals surface area contributed by atoms with Crippen LogP contribution >= 0.6 is 31.9 Å². The van der Waals surface area contributed by atoms with Crippen molar-refractivity contribution >= 4 is 31.9 Å². The number of hydrogen-bond donors (Lipinski definition) is 2. The van der Waals surface area contributed by atoms with Crippen molar-refractivity contribution in [3.8, 4) is 0 Å². The second kappa shape index (κ2) is 6.61. The molecule has 2 rings (SSSR count). The van der Waals surface area contributed by atoms with Crippen LogP contribution in [0.15, 0.2) is 51.4 Å². The van der Waals surface area contributed by atoms with Crippen molar-refractivity contribution in [1.29, 1.82) is 0 Å². The zero-order valence-corrected chi connectivity index (χ0v) is 13.2. The molecule has 0 saturated carbocycles. The minimum atomic E-state index is -0.268. The Kier molecular flexibility index (Phi) is 5.10. The van der Waals surface area contributed by atoms with Crippen LogP contribution in [0.4, 0.5) is 4.39 Å². The molecular weight excluding hydrogens is 375 g/mol. The first-order chi connectivity index (χ1) is 9.10. The molecule has 0 saturated heterocycles. The fourth-order valence-electron chi connectivity index (χ4n) is 1.90. The lowest BCUT2D eigenvalue weighted by atomic mass is 9.99. The molecule has 0 fully saturated rings. The van der Waals surface area contributed by atoms with Crippen LogP contribution in [0.1, 0.15) is 17.2 Å². The van der Waals surface area contributed by atoms with Crippen LogP contribution in [-0.4, -0.2) is 0 Å². The zero-order valence-electron chi connectivity index (χ0n) is 10.0. The zero-order chi connectivity index (χ0) is 13.8. The monoisotopic (exact) mass is 386 g/mol. The predicted molar refractivity (Wildman–Crippen MR) is 82.0 cm³/mol. The van der Waals surface area contributed by atoms with Crippen molar-refractivity contribution in [2.24, 2.45) is 5.84 Å². The molecule has 1 atom stereocenters. The Morgan fingerprint density at radius 1 is 1.11 bits per heavy atom. The highest BCUT2D eigenvalue weighted by atomic mass is 79.9. The molecule has 0 aliphatic rings. The number of halogens is 3. The Labute approximate surface area is 128 Å². The molecule has 1 unspecified atom stereocenters. The van der Waals surface area contributed by atoms with Gasteiger partial charge in [-0.1, -0.05) is 50.1 Å². The first-order valence-electron chi connectivity index (χ1n) is 5.75. The van der Waals surface area contributed by atoms with E-state index < -0.39 is 0 Å². The largest absolute Gasteiger partial charge is 0.271 e. The van der Waals surface area contributed by atoms with Crippen LogP contribution in [0, 0.1) is 5.82 Å². The molecule has 2 aromatic rings. The lowest BCUT2D eigenvalue weighted by Crippen LogP contribution is -2.29. The van der Waals surface area contributed by atoms with Gasteiger partial charge in [0.2, 0.25) is 0 Å². The second-order valence-electron chi connectivity index (χ2n) is 4.22. The minimum Gasteiger partial charge on any atom is -0.271 e. The van der Waals surface area contributed by atoms with Gasteiger partial charge >= 0.3 is 0 Å². The molecular formula is C14H13Br2FN2. The van der Waals surface area contributed by atoms with Crippen molar-refractivity contribution < 1.29 is 4.39 Å². The van der Waals surface area contributed by atoms with Crippen LogP contribution in [0.3, 0.4) is 0 Å². The lowest BCUT2D eigenvalue weighted by Gasteiger charge is -2.18. The predicted octanol–water partition coefficient (Wildman–Crippen LogP) is 4.10. The van der Waals surface area contributed by atoms with Gasteiger partial charge in [0.1, 0.15) is 5.82 Å². The summed E-state index contributed by atoms with van der Waals surface area (Å²) in [6, 6.07) is 12.6. The average molecular weight is 388 g/mol. The number of hydrogen-bond acceptors (Lipinski definition) is 2. The summed E-state index contributed by atoms with van der Waals surface area (Å²) in [5.74, 6) is 5.35. The summed E-state index contributed by atoms with van der Waals surface area (Å²) >= 11 is 6.77. The Balaban J connectivity index is 2.22. The molecule has 2 aromatic carbocycles. The molecule has 100 valence electrons. The normalized spacial score (nSPS) is 12.4. The van der Waals surface area contributed by atoms with Crippen LogP contribution in [0.5, 0.6) is 0 Å². The number of rotatable bonds is 4. The highest BCUT2D eigenvalue weighted by Crippen LogP contribution is 2.26. The van der Waals surface area contributed by atoms with Gasteiger partial charge in [-0.15, -0.1) is 0 Å². The van der Waals surface area contributed by atoms with Gasteiger partial charge in [-0.2, -0.15) is 0 Å². The van der Waals surface area contributed by atoms with E-state index in [2.05, 4.69) is 37.3 Å². The highest BCUT2D eigenvalue weighted by Gasteiger charge is 2.14. The SMILES string of the molecule is NNC(Cc1ccc(Br)cc1)c1ccc(F)cc1Br. The molecule has 0 radical (unpaired) electrons. The lowest BCUT2D eigenvalue weighted by molar-refractivity contribution is 0.547. The van der Waals surface area contributed by atoms with E-state index in [1.807, 2.05) is 24.3 Å². The molecule has 0 bridgehead atoms. The topological polar surface area (TPSA) is 38.0 Å². The Morgan fingerprint density at radius 2 is 1.79 bits per heavy atom. The Morgan fingerprint density at radius 3 is 2.37 bits per heavy atom. The fraction of sp³-hybridized carbons (Fsp3) is 0.143. The van der Waals surface area contributed by atoms with Crippen molar-refractivity contribution in [3.63, 3.8) is 0 Å². The summed E-state index contributed by atoms with van der Waals surface area (Å²) in [5, 5.41) is 0. The minimum absolute atomic E-state index is 0.0730. The van der Waals surface area contributed by atoms with Gasteiger partial charge < -0.3 is 0 Å². The molecule has 3 N–H and O–H groups in total. The van der Waals surface area contributed by atoms with Gasteiger partial charge in [-0.25, -0.2) is 4.39 Å². The van der Waals surface area contributed by atoms with Crippen LogP contribution in [0.2, 0.25) is 0 Å². The molecule has 0 aliphatic heterocycles. The van der Waals surface area contributed by atoms with Gasteiger partial charge in [-0.05, 0) is 41.8 Å². The van der Waals surface area contributed by atoms with Crippen molar-refractivity contribution in [3.05, 3.63) is 68.4 Å². The van der Waals surface area contributed by atoms with E-state index in [4.69, 9.17) is 5.84 Å². The van der Waals surface area contributed by atoms with Gasteiger partial charge in [0, 0.05) is 8.95 Å². The van der Waals surface area contributed by atoms with E-state index >= 15 is 0 Å². The maximum Gasteiger partial charge on any atom is 0.124 e. The van der Waals surface area contributed by atoms with Crippen LogP contribution < -0.4 is 11.3 Å². The maximum atomic E-state index is 13.1. The van der Waals surface area contributed by atoms with E-state index in [1.165, 1.54) is 12.1 Å². The van der Waals surface area contributed by atoms with Gasteiger partial charge in [0.25, 0.3) is 0 Å². The Bertz CT molecular complexity index is 558. The molecule has 19 heavy (non-hydrogen) atoms. The molecule has 0 spiro atoms. The van der Waals surface area contributed by atoms with Gasteiger partial charge in [0.15, 0.2) is 0 Å². The van der Waals surface area contributed by atoms with Crippen molar-refractivity contribution in [2.45, 2.75) is 12.5 Å². The molecule has 2 nitrogen and oxygen atoms in total. The first kappa shape index (κ1) is 14.7. The smallest absolute Gasteiger partial charge is 0.124 e. The van der Waals surface area contributed by atoms with E-state index in [0.717, 1.165) is 22.0 Å². The standard InChI is InChI=1S/C14H13Br2FN2/c15-10-3-1-9(2-4-10)7-14(19-18)12-6-5-11(17)8-13(12)16/h1-6,8,14,19H,7,18H2. The fourth-order valence-corrected chi connectivity index (χ4v) is 2.79.